The molecule has 0 saturated carbocycles. The van der Waals surface area contributed by atoms with E-state index in [1.807, 2.05) is 20.1 Å². The Bertz CT molecular complexity index is 695. The molecule has 0 aliphatic carbocycles. The van der Waals surface area contributed by atoms with Crippen LogP contribution in [0.4, 0.5) is 10.2 Å². The van der Waals surface area contributed by atoms with Crippen molar-refractivity contribution in [2.75, 3.05) is 31.2 Å². The molecule has 1 saturated heterocycles. The average Bonchev–Trinajstić information content (AvgIpc) is 2.94. The average molecular weight is 365 g/mol. The van der Waals surface area contributed by atoms with Gasteiger partial charge in [0.05, 0.1) is 12.2 Å². The first-order chi connectivity index (χ1) is 12.0. The topological polar surface area (TPSA) is 67.1 Å². The number of aryl methyl sites for hydroxylation is 2. The van der Waals surface area contributed by atoms with Gasteiger partial charge in [-0.2, -0.15) is 0 Å². The second-order valence-electron chi connectivity index (χ2n) is 6.51. The van der Waals surface area contributed by atoms with Crippen molar-refractivity contribution in [3.63, 3.8) is 0 Å². The molecule has 3 rings (SSSR count). The van der Waals surface area contributed by atoms with Crippen LogP contribution in [0.3, 0.4) is 0 Å². The Labute approximate surface area is 151 Å². The zero-order valence-corrected chi connectivity index (χ0v) is 15.7. The van der Waals surface area contributed by atoms with E-state index in [9.17, 15) is 0 Å². The zero-order valence-electron chi connectivity index (χ0n) is 14.9. The lowest BCUT2D eigenvalue weighted by molar-refractivity contribution is 0.0651. The molecule has 0 radical (unpaired) electrons. The molecule has 25 heavy (non-hydrogen) atoms. The van der Waals surface area contributed by atoms with Gasteiger partial charge in [0, 0.05) is 31.4 Å². The first kappa shape index (κ1) is 18.1. The van der Waals surface area contributed by atoms with E-state index in [0.29, 0.717) is 23.8 Å². The molecular weight excluding hydrogens is 341 g/mol. The van der Waals surface area contributed by atoms with E-state index in [-0.39, 0.29) is 6.54 Å². The normalized spacial score (nSPS) is 17.6. The van der Waals surface area contributed by atoms with E-state index in [2.05, 4.69) is 25.3 Å². The van der Waals surface area contributed by atoms with Crippen LogP contribution in [0, 0.1) is 13.8 Å². The van der Waals surface area contributed by atoms with Gasteiger partial charge in [-0.25, -0.2) is 14.4 Å². The quantitative estimate of drug-likeness (QED) is 0.623. The number of rotatable bonds is 6. The zero-order chi connectivity index (χ0) is 17.9. The minimum Gasteiger partial charge on any atom is -0.367 e. The predicted octanol–water partition coefficient (Wildman–Crippen LogP) is 3.22. The van der Waals surface area contributed by atoms with Crippen molar-refractivity contribution in [2.24, 2.45) is 0 Å². The maximum absolute atomic E-state index is 15.1. The lowest BCUT2D eigenvalue weighted by Gasteiger charge is -2.36. The van der Waals surface area contributed by atoms with Crippen molar-refractivity contribution in [1.82, 2.24) is 20.0 Å². The number of nitrogens with one attached hydrogen (secondary N) is 1. The van der Waals surface area contributed by atoms with Gasteiger partial charge in [-0.1, -0.05) is 16.9 Å². The van der Waals surface area contributed by atoms with Crippen LogP contribution in [-0.2, 0) is 6.54 Å². The minimum atomic E-state index is -1.21. The Morgan fingerprint density at radius 2 is 2.12 bits per heavy atom. The highest BCUT2D eigenvalue weighted by molar-refractivity contribution is 7.98. The second kappa shape index (κ2) is 7.70. The minimum absolute atomic E-state index is 0.275. The summed E-state index contributed by atoms with van der Waals surface area (Å²) in [5.41, 5.74) is 0.833. The van der Waals surface area contributed by atoms with Crippen molar-refractivity contribution >= 4 is 17.6 Å². The van der Waals surface area contributed by atoms with Gasteiger partial charge in [-0.3, -0.25) is 4.90 Å². The summed E-state index contributed by atoms with van der Waals surface area (Å²) in [6.45, 7) is 6.37. The van der Waals surface area contributed by atoms with Crippen LogP contribution in [0.5, 0.6) is 0 Å². The molecular formula is C17H24FN5OS. The molecule has 1 N–H and O–H groups in total. The number of alkyl halides is 1. The van der Waals surface area contributed by atoms with Crippen LogP contribution in [0.15, 0.2) is 21.9 Å². The van der Waals surface area contributed by atoms with Crippen LogP contribution in [0.1, 0.15) is 29.9 Å². The smallest absolute Gasteiger partial charge is 0.189 e. The van der Waals surface area contributed by atoms with Crippen molar-refractivity contribution in [2.45, 2.75) is 44.1 Å². The molecule has 6 nitrogen and oxygen atoms in total. The number of anilines is 1. The molecule has 3 heterocycles. The van der Waals surface area contributed by atoms with E-state index in [0.717, 1.165) is 36.7 Å². The highest BCUT2D eigenvalue weighted by Crippen LogP contribution is 2.28. The molecule has 0 bridgehead atoms. The Hall–Kier alpha value is -1.67. The maximum Gasteiger partial charge on any atom is 0.189 e. The maximum atomic E-state index is 15.1. The number of hydrogen-bond acceptors (Lipinski definition) is 7. The fraction of sp³-hybridized carbons (Fsp3) is 0.588. The summed E-state index contributed by atoms with van der Waals surface area (Å²) in [6.07, 6.45) is 4.62. The van der Waals surface area contributed by atoms with Crippen LogP contribution >= 0.6 is 11.8 Å². The van der Waals surface area contributed by atoms with Crippen LogP contribution in [0.25, 0.3) is 0 Å². The van der Waals surface area contributed by atoms with Crippen molar-refractivity contribution in [1.29, 1.82) is 0 Å². The van der Waals surface area contributed by atoms with E-state index < -0.39 is 5.67 Å². The molecule has 0 spiro atoms. The summed E-state index contributed by atoms with van der Waals surface area (Å²) < 4.78 is 20.3. The molecule has 0 amide bonds. The molecule has 2 aromatic heterocycles. The molecule has 1 aliphatic rings. The van der Waals surface area contributed by atoms with E-state index >= 15 is 4.39 Å². The molecule has 136 valence electrons. The Morgan fingerprint density at radius 1 is 1.36 bits per heavy atom. The fourth-order valence-electron chi connectivity index (χ4n) is 3.03. The molecule has 0 aromatic carbocycles. The third-order valence-electron chi connectivity index (χ3n) is 4.72. The summed E-state index contributed by atoms with van der Waals surface area (Å²) in [7, 11) is 0. The van der Waals surface area contributed by atoms with E-state index in [4.69, 9.17) is 4.52 Å². The molecule has 0 atom stereocenters. The van der Waals surface area contributed by atoms with Crippen molar-refractivity contribution < 1.29 is 8.91 Å². The third kappa shape index (κ3) is 4.49. The van der Waals surface area contributed by atoms with Gasteiger partial charge in [0.15, 0.2) is 5.16 Å². The Kier molecular flexibility index (Phi) is 5.58. The summed E-state index contributed by atoms with van der Waals surface area (Å²) in [5, 5.41) is 7.80. The molecule has 0 unspecified atom stereocenters. The predicted molar refractivity (Wildman–Crippen MR) is 96.6 cm³/mol. The van der Waals surface area contributed by atoms with Gasteiger partial charge in [-0.15, -0.1) is 0 Å². The SMILES string of the molecule is CSc1nccc(NCC2(F)CCN(Cc3c(C)noc3C)CC2)n1. The third-order valence-corrected chi connectivity index (χ3v) is 5.28. The number of thioether (sulfide) groups is 1. The summed E-state index contributed by atoms with van der Waals surface area (Å²) >= 11 is 1.47. The standard InChI is InChI=1S/C17H24FN5OS/c1-12-14(13(2)24-22-12)10-23-8-5-17(18,6-9-23)11-20-15-4-7-19-16(21-15)25-3/h4,7H,5-6,8-11H2,1-3H3,(H,19,20,21). The van der Waals surface area contributed by atoms with Gasteiger partial charge in [0.2, 0.25) is 0 Å². The molecule has 1 aliphatic heterocycles. The number of likely N-dealkylation sites (tertiary alicyclic amines) is 1. The molecule has 8 heteroatoms. The van der Waals surface area contributed by atoms with Crippen LogP contribution in [-0.4, -0.2) is 51.6 Å². The highest BCUT2D eigenvalue weighted by Gasteiger charge is 2.34. The molecule has 1 fully saturated rings. The van der Waals surface area contributed by atoms with E-state index in [1.165, 1.54) is 11.8 Å². The number of aromatic nitrogens is 3. The Morgan fingerprint density at radius 3 is 2.76 bits per heavy atom. The number of piperidine rings is 1. The lowest BCUT2D eigenvalue weighted by Crippen LogP contribution is -2.45. The summed E-state index contributed by atoms with van der Waals surface area (Å²) in [5.74, 6) is 1.53. The Balaban J connectivity index is 1.52. The van der Waals surface area contributed by atoms with Crippen molar-refractivity contribution in [3.8, 4) is 0 Å². The largest absolute Gasteiger partial charge is 0.367 e. The van der Waals surface area contributed by atoms with E-state index in [1.54, 1.807) is 12.3 Å². The van der Waals surface area contributed by atoms with Gasteiger partial charge >= 0.3 is 0 Å². The summed E-state index contributed by atoms with van der Waals surface area (Å²) in [6, 6.07) is 1.77. The van der Waals surface area contributed by atoms with Crippen molar-refractivity contribution in [3.05, 3.63) is 29.3 Å². The monoisotopic (exact) mass is 365 g/mol. The second-order valence-corrected chi connectivity index (χ2v) is 7.29. The summed E-state index contributed by atoms with van der Waals surface area (Å²) in [4.78, 5) is 10.7. The van der Waals surface area contributed by atoms with Gasteiger partial charge in [-0.05, 0) is 39.0 Å². The first-order valence-corrected chi connectivity index (χ1v) is 9.65. The fourth-order valence-corrected chi connectivity index (χ4v) is 3.38. The van der Waals surface area contributed by atoms with Crippen LogP contribution < -0.4 is 5.32 Å². The van der Waals surface area contributed by atoms with Gasteiger partial charge < -0.3 is 9.84 Å². The van der Waals surface area contributed by atoms with Gasteiger partial charge in [0.1, 0.15) is 17.2 Å². The van der Waals surface area contributed by atoms with Gasteiger partial charge in [0.25, 0.3) is 0 Å². The highest BCUT2D eigenvalue weighted by atomic mass is 32.2. The number of hydrogen-bond donors (Lipinski definition) is 1. The lowest BCUT2D eigenvalue weighted by atomic mass is 9.93. The number of halogens is 1. The number of nitrogens with zero attached hydrogens (tertiary/aromatic N) is 4. The van der Waals surface area contributed by atoms with Crippen LogP contribution in [0.2, 0.25) is 0 Å². The first-order valence-electron chi connectivity index (χ1n) is 8.43. The molecule has 2 aromatic rings.